The number of nitrogens with zero attached hydrogens (tertiary/aromatic N) is 3. The fourth-order valence-corrected chi connectivity index (χ4v) is 3.93. The number of anilines is 2. The number of fused-ring (bicyclic) bond motifs is 1. The van der Waals surface area contributed by atoms with Crippen molar-refractivity contribution in [3.63, 3.8) is 0 Å². The number of hydrogen-bond acceptors (Lipinski definition) is 6. The van der Waals surface area contributed by atoms with E-state index in [0.717, 1.165) is 16.6 Å². The maximum atomic E-state index is 13.2. The van der Waals surface area contributed by atoms with E-state index in [1.807, 2.05) is 17.9 Å². The minimum absolute atomic E-state index is 0.124. The smallest absolute Gasteiger partial charge is 0.294 e. The molecule has 0 unspecified atom stereocenters. The summed E-state index contributed by atoms with van der Waals surface area (Å²) in [6, 6.07) is 3.49. The molecule has 0 spiro atoms. The van der Waals surface area contributed by atoms with E-state index in [2.05, 4.69) is 20.9 Å². The van der Waals surface area contributed by atoms with Crippen LogP contribution in [0.5, 0.6) is 11.5 Å². The fourth-order valence-electron chi connectivity index (χ4n) is 3.11. The molecule has 1 aromatic heterocycles. The second-order valence-corrected chi connectivity index (χ2v) is 7.31. The second kappa shape index (κ2) is 8.50. The normalized spacial score (nSPS) is 14.5. The average Bonchev–Trinajstić information content (AvgIpc) is 2.67. The Labute approximate surface area is 170 Å². The predicted molar refractivity (Wildman–Crippen MR) is 108 cm³/mol. The van der Waals surface area contributed by atoms with Crippen LogP contribution in [0.3, 0.4) is 0 Å². The lowest BCUT2D eigenvalue weighted by atomic mass is 10.2. The lowest BCUT2D eigenvalue weighted by molar-refractivity contribution is 0.151. The van der Waals surface area contributed by atoms with E-state index in [4.69, 9.17) is 25.8 Å². The van der Waals surface area contributed by atoms with Crippen LogP contribution < -0.4 is 19.9 Å². The van der Waals surface area contributed by atoms with Gasteiger partial charge in [-0.1, -0.05) is 18.5 Å². The zero-order chi connectivity index (χ0) is 19.6. The summed E-state index contributed by atoms with van der Waals surface area (Å²) in [7, 11) is 3.20. The first-order chi connectivity index (χ1) is 13.0. The van der Waals surface area contributed by atoms with Crippen molar-refractivity contribution in [2.75, 3.05) is 38.9 Å². The van der Waals surface area contributed by atoms with Gasteiger partial charge in [0.05, 0.1) is 32.0 Å². The Morgan fingerprint density at radius 3 is 2.85 bits per heavy atom. The molecule has 9 heteroatoms. The highest BCUT2D eigenvalue weighted by Gasteiger charge is 2.28. The third-order valence-corrected chi connectivity index (χ3v) is 5.23. The first kappa shape index (κ1) is 20.0. The van der Waals surface area contributed by atoms with E-state index in [9.17, 15) is 4.79 Å². The molecule has 0 N–H and O–H groups in total. The number of aromatic nitrogens is 2. The lowest BCUT2D eigenvalue weighted by Gasteiger charge is -2.31. The number of hydrogen-bond donors (Lipinski definition) is 0. The number of ether oxygens (including phenoxy) is 3. The maximum Gasteiger partial charge on any atom is 0.294 e. The molecule has 0 aliphatic carbocycles. The number of benzene rings is 1. The van der Waals surface area contributed by atoms with Crippen LogP contribution in [0.25, 0.3) is 0 Å². The topological polar surface area (TPSA) is 65.8 Å². The molecule has 1 aliphatic rings. The van der Waals surface area contributed by atoms with Crippen molar-refractivity contribution in [2.45, 2.75) is 19.4 Å². The van der Waals surface area contributed by atoms with Gasteiger partial charge in [-0.05, 0) is 28.4 Å². The van der Waals surface area contributed by atoms with Gasteiger partial charge in [0.15, 0.2) is 0 Å². The molecule has 146 valence electrons. The van der Waals surface area contributed by atoms with Crippen LogP contribution in [-0.4, -0.2) is 43.5 Å². The third-order valence-electron chi connectivity index (χ3n) is 4.44. The molecule has 27 heavy (non-hydrogen) atoms. The third kappa shape index (κ3) is 3.93. The SMILES string of the molecule is CC[C@@H](COC)n1cc(Cl)nc(N2CCOc3cc(OC)cc(Br)c32)c1=O. The Morgan fingerprint density at radius 2 is 2.19 bits per heavy atom. The van der Waals surface area contributed by atoms with Crippen molar-refractivity contribution in [1.82, 2.24) is 9.55 Å². The number of halogens is 2. The molecule has 1 aliphatic heterocycles. The average molecular weight is 459 g/mol. The summed E-state index contributed by atoms with van der Waals surface area (Å²) in [6.07, 6.45) is 2.29. The van der Waals surface area contributed by atoms with Crippen LogP contribution in [0.1, 0.15) is 19.4 Å². The minimum Gasteiger partial charge on any atom is -0.497 e. The molecule has 0 saturated carbocycles. The first-order valence-corrected chi connectivity index (χ1v) is 9.72. The summed E-state index contributed by atoms with van der Waals surface area (Å²) >= 11 is 9.80. The summed E-state index contributed by atoms with van der Waals surface area (Å²) in [5.41, 5.74) is 0.499. The van der Waals surface area contributed by atoms with Gasteiger partial charge >= 0.3 is 0 Å². The number of rotatable bonds is 6. The predicted octanol–water partition coefficient (Wildman–Crippen LogP) is 3.80. The molecule has 0 bridgehead atoms. The van der Waals surface area contributed by atoms with E-state index in [-0.39, 0.29) is 22.6 Å². The molecule has 0 saturated heterocycles. The van der Waals surface area contributed by atoms with Crippen molar-refractivity contribution in [3.8, 4) is 11.5 Å². The maximum absolute atomic E-state index is 13.2. The van der Waals surface area contributed by atoms with Crippen molar-refractivity contribution >= 4 is 39.0 Å². The summed E-state index contributed by atoms with van der Waals surface area (Å²) in [4.78, 5) is 19.4. The van der Waals surface area contributed by atoms with E-state index in [0.29, 0.717) is 31.3 Å². The van der Waals surface area contributed by atoms with Crippen molar-refractivity contribution in [2.24, 2.45) is 0 Å². The molecule has 7 nitrogen and oxygen atoms in total. The Kier molecular flexibility index (Phi) is 6.29. The quantitative estimate of drug-likeness (QED) is 0.656. The van der Waals surface area contributed by atoms with Crippen molar-refractivity contribution in [3.05, 3.63) is 38.3 Å². The standard InChI is InChI=1S/C18H21BrClN3O4/c1-4-11(10-25-2)23-9-15(20)21-17(18(23)24)22-5-6-27-14-8-12(26-3)7-13(19)16(14)22/h7-9,11H,4-6,10H2,1-3H3/t11-/m0/s1. The van der Waals surface area contributed by atoms with Gasteiger partial charge in [0.2, 0.25) is 5.82 Å². The molecule has 3 rings (SSSR count). The van der Waals surface area contributed by atoms with Crippen LogP contribution in [0.4, 0.5) is 11.5 Å². The van der Waals surface area contributed by atoms with Crippen LogP contribution in [0.15, 0.2) is 27.6 Å². The van der Waals surface area contributed by atoms with E-state index >= 15 is 0 Å². The molecule has 0 radical (unpaired) electrons. The first-order valence-electron chi connectivity index (χ1n) is 8.55. The second-order valence-electron chi connectivity index (χ2n) is 6.07. The Bertz CT molecular complexity index is 890. The largest absolute Gasteiger partial charge is 0.497 e. The van der Waals surface area contributed by atoms with Gasteiger partial charge in [-0.2, -0.15) is 0 Å². The Morgan fingerprint density at radius 1 is 1.41 bits per heavy atom. The zero-order valence-electron chi connectivity index (χ0n) is 15.4. The van der Waals surface area contributed by atoms with Gasteiger partial charge in [0, 0.05) is 23.8 Å². The summed E-state index contributed by atoms with van der Waals surface area (Å²) in [5.74, 6) is 1.53. The molecule has 2 aromatic rings. The van der Waals surface area contributed by atoms with E-state index < -0.39 is 0 Å². The van der Waals surface area contributed by atoms with Crippen LogP contribution in [-0.2, 0) is 4.74 Å². The van der Waals surface area contributed by atoms with E-state index in [1.165, 1.54) is 0 Å². The van der Waals surface area contributed by atoms with Crippen LogP contribution in [0.2, 0.25) is 5.15 Å². The molecule has 2 heterocycles. The molecule has 1 atom stereocenters. The zero-order valence-corrected chi connectivity index (χ0v) is 17.7. The summed E-state index contributed by atoms with van der Waals surface area (Å²) in [6.45, 7) is 3.30. The van der Waals surface area contributed by atoms with E-state index in [1.54, 1.807) is 31.0 Å². The number of methoxy groups -OCH3 is 2. The van der Waals surface area contributed by atoms with Gasteiger partial charge in [-0.15, -0.1) is 0 Å². The molecule has 1 aromatic carbocycles. The van der Waals surface area contributed by atoms with Gasteiger partial charge < -0.3 is 23.7 Å². The highest BCUT2D eigenvalue weighted by atomic mass is 79.9. The Balaban J connectivity index is 2.14. The van der Waals surface area contributed by atoms with Gasteiger partial charge in [-0.3, -0.25) is 4.79 Å². The van der Waals surface area contributed by atoms with Crippen LogP contribution >= 0.6 is 27.5 Å². The summed E-state index contributed by atoms with van der Waals surface area (Å²) in [5, 5.41) is 0.247. The highest BCUT2D eigenvalue weighted by Crippen LogP contribution is 2.43. The van der Waals surface area contributed by atoms with Crippen molar-refractivity contribution < 1.29 is 14.2 Å². The summed E-state index contributed by atoms with van der Waals surface area (Å²) < 4.78 is 18.7. The Hall–Kier alpha value is -1.77. The molecule has 0 fully saturated rings. The van der Waals surface area contributed by atoms with Crippen molar-refractivity contribution in [1.29, 1.82) is 0 Å². The minimum atomic E-state index is -0.223. The molecule has 0 amide bonds. The molecular weight excluding hydrogens is 438 g/mol. The lowest BCUT2D eigenvalue weighted by Crippen LogP contribution is -2.37. The fraction of sp³-hybridized carbons (Fsp3) is 0.444. The highest BCUT2D eigenvalue weighted by molar-refractivity contribution is 9.10. The van der Waals surface area contributed by atoms with Gasteiger partial charge in [-0.25, -0.2) is 4.98 Å². The van der Waals surface area contributed by atoms with Gasteiger partial charge in [0.1, 0.15) is 23.3 Å². The molecular formula is C18H21BrClN3O4. The van der Waals surface area contributed by atoms with Gasteiger partial charge in [0.25, 0.3) is 5.56 Å². The monoisotopic (exact) mass is 457 g/mol. The van der Waals surface area contributed by atoms with Crippen LogP contribution in [0, 0.1) is 0 Å².